The SMILES string of the molecule is CCC(C)Nc1cc(NCC2CCCO2)nc(-c2ccccc2)n1. The molecule has 1 aliphatic rings. The molecule has 2 heterocycles. The number of nitrogens with one attached hydrogen (secondary N) is 2. The van der Waals surface area contributed by atoms with Gasteiger partial charge in [-0.15, -0.1) is 0 Å². The first-order valence-electron chi connectivity index (χ1n) is 8.81. The van der Waals surface area contributed by atoms with Gasteiger partial charge in [-0.25, -0.2) is 9.97 Å². The third-order valence-corrected chi connectivity index (χ3v) is 4.30. The molecule has 1 aromatic carbocycles. The highest BCUT2D eigenvalue weighted by molar-refractivity contribution is 5.61. The largest absolute Gasteiger partial charge is 0.376 e. The van der Waals surface area contributed by atoms with E-state index >= 15 is 0 Å². The summed E-state index contributed by atoms with van der Waals surface area (Å²) in [7, 11) is 0. The molecule has 2 atom stereocenters. The smallest absolute Gasteiger partial charge is 0.163 e. The second kappa shape index (κ2) is 8.11. The minimum absolute atomic E-state index is 0.283. The molecule has 5 nitrogen and oxygen atoms in total. The molecule has 0 amide bonds. The lowest BCUT2D eigenvalue weighted by molar-refractivity contribution is 0.120. The monoisotopic (exact) mass is 326 g/mol. The lowest BCUT2D eigenvalue weighted by atomic mass is 10.2. The van der Waals surface area contributed by atoms with E-state index in [0.717, 1.165) is 55.4 Å². The molecule has 2 aromatic rings. The van der Waals surface area contributed by atoms with Gasteiger partial charge in [0.15, 0.2) is 5.82 Å². The van der Waals surface area contributed by atoms with Crippen LogP contribution in [0.1, 0.15) is 33.1 Å². The number of nitrogens with zero attached hydrogens (tertiary/aromatic N) is 2. The van der Waals surface area contributed by atoms with Crippen molar-refractivity contribution in [1.29, 1.82) is 0 Å². The fourth-order valence-corrected chi connectivity index (χ4v) is 2.71. The predicted octanol–water partition coefficient (Wildman–Crippen LogP) is 3.94. The molecule has 2 N–H and O–H groups in total. The molecular weight excluding hydrogens is 300 g/mol. The summed E-state index contributed by atoms with van der Waals surface area (Å²) < 4.78 is 5.68. The Morgan fingerprint density at radius 2 is 2.00 bits per heavy atom. The molecule has 128 valence electrons. The normalized spacial score (nSPS) is 18.3. The zero-order valence-corrected chi connectivity index (χ0v) is 14.5. The first-order chi connectivity index (χ1) is 11.7. The van der Waals surface area contributed by atoms with Crippen molar-refractivity contribution in [1.82, 2.24) is 9.97 Å². The Bertz CT molecular complexity index is 641. The lowest BCUT2D eigenvalue weighted by Crippen LogP contribution is -2.20. The number of aromatic nitrogens is 2. The molecule has 5 heteroatoms. The van der Waals surface area contributed by atoms with Crippen molar-refractivity contribution in [3.05, 3.63) is 36.4 Å². The molecule has 2 unspecified atom stereocenters. The maximum absolute atomic E-state index is 5.68. The molecular formula is C19H26N4O. The van der Waals surface area contributed by atoms with Gasteiger partial charge in [0.2, 0.25) is 0 Å². The van der Waals surface area contributed by atoms with E-state index in [9.17, 15) is 0 Å². The molecule has 3 rings (SSSR count). The van der Waals surface area contributed by atoms with Crippen LogP contribution in [0.2, 0.25) is 0 Å². The number of benzene rings is 1. The van der Waals surface area contributed by atoms with E-state index in [-0.39, 0.29) is 6.10 Å². The summed E-state index contributed by atoms with van der Waals surface area (Å²) in [4.78, 5) is 9.36. The van der Waals surface area contributed by atoms with Gasteiger partial charge >= 0.3 is 0 Å². The van der Waals surface area contributed by atoms with E-state index in [2.05, 4.69) is 34.4 Å². The Kier molecular flexibility index (Phi) is 5.64. The van der Waals surface area contributed by atoms with Crippen molar-refractivity contribution >= 4 is 11.6 Å². The fourth-order valence-electron chi connectivity index (χ4n) is 2.71. The molecule has 0 bridgehead atoms. The van der Waals surface area contributed by atoms with Crippen LogP contribution in [-0.4, -0.2) is 35.3 Å². The molecule has 1 saturated heterocycles. The Labute approximate surface area is 143 Å². The van der Waals surface area contributed by atoms with E-state index in [1.54, 1.807) is 0 Å². The quantitative estimate of drug-likeness (QED) is 0.807. The fraction of sp³-hybridized carbons (Fsp3) is 0.474. The average molecular weight is 326 g/mol. The van der Waals surface area contributed by atoms with Crippen LogP contribution < -0.4 is 10.6 Å². The van der Waals surface area contributed by atoms with Gasteiger partial charge in [-0.2, -0.15) is 0 Å². The van der Waals surface area contributed by atoms with Crippen LogP contribution in [0.4, 0.5) is 11.6 Å². The van der Waals surface area contributed by atoms with Gasteiger partial charge in [0.25, 0.3) is 0 Å². The third-order valence-electron chi connectivity index (χ3n) is 4.30. The van der Waals surface area contributed by atoms with E-state index in [0.29, 0.717) is 6.04 Å². The van der Waals surface area contributed by atoms with Crippen molar-refractivity contribution in [2.24, 2.45) is 0 Å². The zero-order chi connectivity index (χ0) is 16.8. The summed E-state index contributed by atoms with van der Waals surface area (Å²) in [5, 5.41) is 6.86. The number of anilines is 2. The molecule has 24 heavy (non-hydrogen) atoms. The maximum Gasteiger partial charge on any atom is 0.163 e. The van der Waals surface area contributed by atoms with Crippen molar-refractivity contribution in [2.75, 3.05) is 23.8 Å². The van der Waals surface area contributed by atoms with Gasteiger partial charge in [-0.3, -0.25) is 0 Å². The van der Waals surface area contributed by atoms with Crippen LogP contribution in [-0.2, 0) is 4.74 Å². The zero-order valence-electron chi connectivity index (χ0n) is 14.5. The number of hydrogen-bond donors (Lipinski definition) is 2. The molecule has 0 radical (unpaired) electrons. The van der Waals surface area contributed by atoms with Crippen molar-refractivity contribution in [2.45, 2.75) is 45.3 Å². The van der Waals surface area contributed by atoms with Gasteiger partial charge in [0, 0.05) is 30.8 Å². The minimum Gasteiger partial charge on any atom is -0.376 e. The highest BCUT2D eigenvalue weighted by atomic mass is 16.5. The van der Waals surface area contributed by atoms with Gasteiger partial charge in [0.1, 0.15) is 11.6 Å². The molecule has 0 spiro atoms. The third kappa shape index (κ3) is 4.45. The number of rotatable bonds is 7. The summed E-state index contributed by atoms with van der Waals surface area (Å²) in [6.45, 7) is 5.97. The molecule has 1 aromatic heterocycles. The molecule has 0 saturated carbocycles. The second-order valence-corrected chi connectivity index (χ2v) is 6.30. The van der Waals surface area contributed by atoms with Crippen molar-refractivity contribution in [3.63, 3.8) is 0 Å². The Balaban J connectivity index is 1.81. The van der Waals surface area contributed by atoms with Gasteiger partial charge in [-0.05, 0) is 26.2 Å². The summed E-state index contributed by atoms with van der Waals surface area (Å²) in [5.74, 6) is 2.43. The standard InChI is InChI=1S/C19H26N4O/c1-3-14(2)21-18-12-17(20-13-16-10-7-11-24-16)22-19(23-18)15-8-5-4-6-9-15/h4-6,8-9,12,14,16H,3,7,10-11,13H2,1-2H3,(H2,20,21,22,23). The van der Waals surface area contributed by atoms with Crippen LogP contribution in [0, 0.1) is 0 Å². The number of ether oxygens (including phenoxy) is 1. The topological polar surface area (TPSA) is 59.1 Å². The second-order valence-electron chi connectivity index (χ2n) is 6.30. The summed E-state index contributed by atoms with van der Waals surface area (Å²) in [5.41, 5.74) is 1.02. The Hall–Kier alpha value is -2.14. The highest BCUT2D eigenvalue weighted by Crippen LogP contribution is 2.21. The predicted molar refractivity (Wildman–Crippen MR) is 98.3 cm³/mol. The van der Waals surface area contributed by atoms with Crippen molar-refractivity contribution in [3.8, 4) is 11.4 Å². The Morgan fingerprint density at radius 1 is 1.21 bits per heavy atom. The van der Waals surface area contributed by atoms with Gasteiger partial charge in [0.05, 0.1) is 6.10 Å². The van der Waals surface area contributed by atoms with Gasteiger partial charge in [-0.1, -0.05) is 37.3 Å². The van der Waals surface area contributed by atoms with Crippen LogP contribution in [0.5, 0.6) is 0 Å². The van der Waals surface area contributed by atoms with E-state index in [1.165, 1.54) is 0 Å². The maximum atomic E-state index is 5.68. The summed E-state index contributed by atoms with van der Waals surface area (Å²) >= 11 is 0. The van der Waals surface area contributed by atoms with Crippen molar-refractivity contribution < 1.29 is 4.74 Å². The van der Waals surface area contributed by atoms with Gasteiger partial charge < -0.3 is 15.4 Å². The summed E-state index contributed by atoms with van der Waals surface area (Å²) in [6.07, 6.45) is 3.59. The first-order valence-corrected chi connectivity index (χ1v) is 8.81. The average Bonchev–Trinajstić information content (AvgIpc) is 3.14. The van der Waals surface area contributed by atoms with Crippen LogP contribution in [0.25, 0.3) is 11.4 Å². The molecule has 0 aliphatic carbocycles. The number of hydrogen-bond acceptors (Lipinski definition) is 5. The highest BCUT2D eigenvalue weighted by Gasteiger charge is 2.16. The first kappa shape index (κ1) is 16.7. The molecule has 1 aliphatic heterocycles. The van der Waals surface area contributed by atoms with Crippen LogP contribution >= 0.6 is 0 Å². The lowest BCUT2D eigenvalue weighted by Gasteiger charge is -2.16. The van der Waals surface area contributed by atoms with E-state index in [1.807, 2.05) is 36.4 Å². The summed E-state index contributed by atoms with van der Waals surface area (Å²) in [6, 6.07) is 12.4. The Morgan fingerprint density at radius 3 is 2.71 bits per heavy atom. The van der Waals surface area contributed by atoms with E-state index in [4.69, 9.17) is 4.74 Å². The molecule has 1 fully saturated rings. The van der Waals surface area contributed by atoms with E-state index < -0.39 is 0 Å². The minimum atomic E-state index is 0.283. The van der Waals surface area contributed by atoms with Crippen LogP contribution in [0.15, 0.2) is 36.4 Å². The van der Waals surface area contributed by atoms with Crippen LogP contribution in [0.3, 0.4) is 0 Å².